The SMILES string of the molecule is O=C(O)c1ccccc1S(=O)C1CCS(=O)(=O)C1. The van der Waals surface area contributed by atoms with Gasteiger partial charge in [-0.25, -0.2) is 13.2 Å². The molecule has 5 nitrogen and oxygen atoms in total. The first kappa shape index (κ1) is 13.2. The molecule has 1 aromatic carbocycles. The normalized spacial score (nSPS) is 23.7. The first-order valence-corrected chi connectivity index (χ1v) is 8.37. The molecule has 0 amide bonds. The van der Waals surface area contributed by atoms with Gasteiger partial charge in [0.1, 0.15) is 0 Å². The van der Waals surface area contributed by atoms with Crippen LogP contribution in [0.2, 0.25) is 0 Å². The first-order valence-electron chi connectivity index (χ1n) is 5.34. The Balaban J connectivity index is 2.33. The van der Waals surface area contributed by atoms with Crippen molar-refractivity contribution in [3.8, 4) is 0 Å². The highest BCUT2D eigenvalue weighted by molar-refractivity contribution is 7.94. The number of carboxylic acids is 1. The van der Waals surface area contributed by atoms with Gasteiger partial charge in [0, 0.05) is 0 Å². The van der Waals surface area contributed by atoms with E-state index in [1.165, 1.54) is 12.1 Å². The standard InChI is InChI=1S/C11H12O5S2/c12-11(13)9-3-1-2-4-10(9)17(14)8-5-6-18(15,16)7-8/h1-4,8H,5-7H2,(H,12,13). The van der Waals surface area contributed by atoms with Crippen molar-refractivity contribution < 1.29 is 22.5 Å². The fourth-order valence-electron chi connectivity index (χ4n) is 1.93. The minimum absolute atomic E-state index is 0.0264. The van der Waals surface area contributed by atoms with Gasteiger partial charge in [-0.15, -0.1) is 0 Å². The second-order valence-electron chi connectivity index (χ2n) is 4.12. The fraction of sp³-hybridized carbons (Fsp3) is 0.364. The zero-order chi connectivity index (χ0) is 13.3. The third-order valence-corrected chi connectivity index (χ3v) is 6.60. The summed E-state index contributed by atoms with van der Waals surface area (Å²) in [5.41, 5.74) is -0.0277. The van der Waals surface area contributed by atoms with E-state index >= 15 is 0 Å². The Hall–Kier alpha value is -1.21. The third-order valence-electron chi connectivity index (χ3n) is 2.83. The predicted molar refractivity (Wildman–Crippen MR) is 66.9 cm³/mol. The molecule has 0 bridgehead atoms. The summed E-state index contributed by atoms with van der Waals surface area (Å²) in [7, 11) is -4.72. The van der Waals surface area contributed by atoms with Crippen molar-refractivity contribution in [2.75, 3.05) is 11.5 Å². The minimum atomic E-state index is -3.12. The molecular weight excluding hydrogens is 276 g/mol. The topological polar surface area (TPSA) is 88.5 Å². The van der Waals surface area contributed by atoms with Crippen LogP contribution in [-0.4, -0.2) is 40.5 Å². The molecule has 1 fully saturated rings. The van der Waals surface area contributed by atoms with Crippen molar-refractivity contribution >= 4 is 26.6 Å². The van der Waals surface area contributed by atoms with E-state index in [9.17, 15) is 17.4 Å². The Kier molecular flexibility index (Phi) is 3.54. The molecule has 7 heteroatoms. The molecule has 0 saturated carbocycles. The summed E-state index contributed by atoms with van der Waals surface area (Å²) in [4.78, 5) is 11.2. The van der Waals surface area contributed by atoms with Crippen molar-refractivity contribution in [2.45, 2.75) is 16.6 Å². The maximum atomic E-state index is 12.2. The van der Waals surface area contributed by atoms with Crippen molar-refractivity contribution in [3.63, 3.8) is 0 Å². The van der Waals surface area contributed by atoms with E-state index in [2.05, 4.69) is 0 Å². The summed E-state index contributed by atoms with van der Waals surface area (Å²) >= 11 is 0. The van der Waals surface area contributed by atoms with Gasteiger partial charge in [-0.2, -0.15) is 0 Å². The number of aromatic carboxylic acids is 1. The molecule has 0 aliphatic carbocycles. The number of hydrogen-bond acceptors (Lipinski definition) is 4. The Morgan fingerprint density at radius 1 is 1.33 bits per heavy atom. The molecule has 2 unspecified atom stereocenters. The highest BCUT2D eigenvalue weighted by atomic mass is 32.2. The number of benzene rings is 1. The van der Waals surface area contributed by atoms with Crippen LogP contribution in [0.1, 0.15) is 16.8 Å². The number of hydrogen-bond donors (Lipinski definition) is 1. The molecule has 2 atom stereocenters. The molecule has 1 saturated heterocycles. The van der Waals surface area contributed by atoms with E-state index in [4.69, 9.17) is 5.11 Å². The molecule has 1 aromatic rings. The lowest BCUT2D eigenvalue weighted by Crippen LogP contribution is -2.18. The second kappa shape index (κ2) is 4.81. The molecule has 2 rings (SSSR count). The summed E-state index contributed by atoms with van der Waals surface area (Å²) in [6.07, 6.45) is 0.322. The number of carboxylic acid groups (broad SMARTS) is 1. The summed E-state index contributed by atoms with van der Waals surface area (Å²) in [6.45, 7) is 0. The number of rotatable bonds is 3. The van der Waals surface area contributed by atoms with Crippen LogP contribution in [0.4, 0.5) is 0 Å². The molecular formula is C11H12O5S2. The van der Waals surface area contributed by atoms with Gasteiger partial charge in [0.25, 0.3) is 0 Å². The summed E-state index contributed by atoms with van der Waals surface area (Å²) in [5, 5.41) is 8.50. The zero-order valence-electron chi connectivity index (χ0n) is 9.40. The molecule has 0 aromatic heterocycles. The average molecular weight is 288 g/mol. The van der Waals surface area contributed by atoms with Crippen molar-refractivity contribution in [1.82, 2.24) is 0 Å². The Morgan fingerprint density at radius 3 is 2.56 bits per heavy atom. The van der Waals surface area contributed by atoms with Gasteiger partial charge in [-0.05, 0) is 18.6 Å². The van der Waals surface area contributed by atoms with E-state index in [0.717, 1.165) is 0 Å². The molecule has 0 spiro atoms. The molecule has 98 valence electrons. The lowest BCUT2D eigenvalue weighted by molar-refractivity contribution is 0.0693. The molecule has 1 aliphatic heterocycles. The van der Waals surface area contributed by atoms with Crippen LogP contribution >= 0.6 is 0 Å². The summed E-state index contributed by atoms with van der Waals surface area (Å²) in [6, 6.07) is 6.00. The number of carbonyl (C=O) groups is 1. The molecule has 0 radical (unpaired) electrons. The Labute approximate surface area is 107 Å². The third kappa shape index (κ3) is 2.62. The smallest absolute Gasteiger partial charge is 0.336 e. The lowest BCUT2D eigenvalue weighted by Gasteiger charge is -2.10. The van der Waals surface area contributed by atoms with Crippen LogP contribution in [0.3, 0.4) is 0 Å². The van der Waals surface area contributed by atoms with Gasteiger partial charge in [-0.1, -0.05) is 12.1 Å². The largest absolute Gasteiger partial charge is 0.478 e. The molecule has 1 aliphatic rings. The van der Waals surface area contributed by atoms with E-state index in [0.29, 0.717) is 6.42 Å². The summed E-state index contributed by atoms with van der Waals surface area (Å²) < 4.78 is 34.9. The van der Waals surface area contributed by atoms with E-state index in [1.54, 1.807) is 12.1 Å². The van der Waals surface area contributed by atoms with Crippen LogP contribution in [0.15, 0.2) is 29.2 Å². The van der Waals surface area contributed by atoms with Crippen LogP contribution in [-0.2, 0) is 20.6 Å². The zero-order valence-corrected chi connectivity index (χ0v) is 11.0. The van der Waals surface area contributed by atoms with E-state index in [-0.39, 0.29) is 22.0 Å². The van der Waals surface area contributed by atoms with Gasteiger partial charge >= 0.3 is 5.97 Å². The Morgan fingerprint density at radius 2 is 2.00 bits per heavy atom. The maximum Gasteiger partial charge on any atom is 0.336 e. The highest BCUT2D eigenvalue weighted by Gasteiger charge is 2.33. The van der Waals surface area contributed by atoms with Crippen molar-refractivity contribution in [1.29, 1.82) is 0 Å². The fourth-order valence-corrected chi connectivity index (χ4v) is 6.01. The van der Waals surface area contributed by atoms with Gasteiger partial charge in [-0.3, -0.25) is 4.21 Å². The molecule has 18 heavy (non-hydrogen) atoms. The van der Waals surface area contributed by atoms with Crippen LogP contribution in [0.5, 0.6) is 0 Å². The maximum absolute atomic E-state index is 12.2. The van der Waals surface area contributed by atoms with Crippen LogP contribution < -0.4 is 0 Å². The second-order valence-corrected chi connectivity index (χ2v) is 8.05. The van der Waals surface area contributed by atoms with Gasteiger partial charge in [0.2, 0.25) is 0 Å². The predicted octanol–water partition coefficient (Wildman–Crippen LogP) is 0.680. The average Bonchev–Trinajstić information content (AvgIpc) is 2.68. The Bertz CT molecular complexity index is 606. The molecule has 1 N–H and O–H groups in total. The van der Waals surface area contributed by atoms with E-state index in [1.807, 2.05) is 0 Å². The van der Waals surface area contributed by atoms with Gasteiger partial charge in [0.05, 0.1) is 38.0 Å². The van der Waals surface area contributed by atoms with Gasteiger partial charge < -0.3 is 5.11 Å². The quantitative estimate of drug-likeness (QED) is 0.883. The summed E-state index contributed by atoms with van der Waals surface area (Å²) in [5.74, 6) is -1.26. The van der Waals surface area contributed by atoms with Crippen LogP contribution in [0, 0.1) is 0 Å². The van der Waals surface area contributed by atoms with Crippen LogP contribution in [0.25, 0.3) is 0 Å². The molecule has 1 heterocycles. The number of sulfone groups is 1. The van der Waals surface area contributed by atoms with Crippen molar-refractivity contribution in [2.24, 2.45) is 0 Å². The van der Waals surface area contributed by atoms with Gasteiger partial charge in [0.15, 0.2) is 9.84 Å². The monoisotopic (exact) mass is 288 g/mol. The van der Waals surface area contributed by atoms with Crippen molar-refractivity contribution in [3.05, 3.63) is 29.8 Å². The highest BCUT2D eigenvalue weighted by Crippen LogP contribution is 2.24. The lowest BCUT2D eigenvalue weighted by atomic mass is 10.2. The minimum Gasteiger partial charge on any atom is -0.478 e. The van der Waals surface area contributed by atoms with E-state index < -0.39 is 31.9 Å². The first-order chi connectivity index (χ1) is 8.41.